The molecule has 0 heterocycles. The molecule has 0 atom stereocenters. The molecule has 0 spiro atoms. The van der Waals surface area contributed by atoms with Gasteiger partial charge in [0.1, 0.15) is 0 Å². The van der Waals surface area contributed by atoms with Crippen molar-refractivity contribution in [3.05, 3.63) is 35.4 Å². The summed E-state index contributed by atoms with van der Waals surface area (Å²) in [6, 6.07) is 8.49. The van der Waals surface area contributed by atoms with Gasteiger partial charge in [0, 0.05) is 6.04 Å². The molecule has 1 N–H and O–H groups in total. The van der Waals surface area contributed by atoms with E-state index in [1.165, 1.54) is 11.1 Å². The Hall–Kier alpha value is -1.51. The van der Waals surface area contributed by atoms with Crippen molar-refractivity contribution >= 4 is 6.09 Å². The summed E-state index contributed by atoms with van der Waals surface area (Å²) in [7, 11) is 0. The molecule has 3 nitrogen and oxygen atoms in total. The molecule has 0 unspecified atom stereocenters. The lowest BCUT2D eigenvalue weighted by molar-refractivity contribution is 0.112. The molecule has 1 aliphatic carbocycles. The lowest BCUT2D eigenvalue weighted by atomic mass is 10.1. The van der Waals surface area contributed by atoms with Crippen LogP contribution in [0.2, 0.25) is 0 Å². The van der Waals surface area contributed by atoms with E-state index in [0.29, 0.717) is 0 Å². The van der Waals surface area contributed by atoms with Crippen LogP contribution in [0.1, 0.15) is 25.0 Å². The first kappa shape index (κ1) is 11.0. The Morgan fingerprint density at radius 2 is 1.88 bits per heavy atom. The average Bonchev–Trinajstić information content (AvgIpc) is 2.57. The summed E-state index contributed by atoms with van der Waals surface area (Å²) < 4.78 is 5.06. The van der Waals surface area contributed by atoms with Gasteiger partial charge in [-0.05, 0) is 37.8 Å². The molecule has 0 saturated carbocycles. The van der Waals surface area contributed by atoms with Gasteiger partial charge in [-0.1, -0.05) is 24.3 Å². The van der Waals surface area contributed by atoms with E-state index in [1.807, 2.05) is 26.0 Å². The topological polar surface area (TPSA) is 38.3 Å². The molecule has 16 heavy (non-hydrogen) atoms. The molecule has 86 valence electrons. The van der Waals surface area contributed by atoms with Gasteiger partial charge in [-0.2, -0.15) is 0 Å². The number of hydrogen-bond donors (Lipinski definition) is 1. The maximum atomic E-state index is 11.4. The number of alkyl carbamates (subject to hydrolysis) is 1. The smallest absolute Gasteiger partial charge is 0.407 e. The predicted octanol–water partition coefficient (Wildman–Crippen LogP) is 2.29. The summed E-state index contributed by atoms with van der Waals surface area (Å²) in [6.45, 7) is 3.70. The van der Waals surface area contributed by atoms with Crippen molar-refractivity contribution < 1.29 is 9.53 Å². The molecule has 0 radical (unpaired) electrons. The first-order valence-electron chi connectivity index (χ1n) is 5.69. The van der Waals surface area contributed by atoms with Crippen LogP contribution in [0.4, 0.5) is 4.79 Å². The van der Waals surface area contributed by atoms with E-state index in [1.54, 1.807) is 0 Å². The molecule has 1 aliphatic rings. The van der Waals surface area contributed by atoms with Gasteiger partial charge in [-0.3, -0.25) is 0 Å². The summed E-state index contributed by atoms with van der Waals surface area (Å²) in [6.07, 6.45) is 1.43. The van der Waals surface area contributed by atoms with Gasteiger partial charge in [-0.25, -0.2) is 4.79 Å². The molecule has 2 rings (SSSR count). The third-order valence-corrected chi connectivity index (χ3v) is 2.72. The fourth-order valence-electron chi connectivity index (χ4n) is 2.08. The van der Waals surface area contributed by atoms with E-state index in [4.69, 9.17) is 4.74 Å². The molecule has 1 amide bonds. The van der Waals surface area contributed by atoms with Gasteiger partial charge in [0.05, 0.1) is 6.10 Å². The van der Waals surface area contributed by atoms with Crippen LogP contribution < -0.4 is 5.32 Å². The second kappa shape index (κ2) is 4.56. The summed E-state index contributed by atoms with van der Waals surface area (Å²) in [5.41, 5.74) is 2.66. The number of carbonyl (C=O) groups excluding carboxylic acids is 1. The average molecular weight is 219 g/mol. The maximum Gasteiger partial charge on any atom is 0.407 e. The molecule has 0 aromatic heterocycles. The van der Waals surface area contributed by atoms with Crippen LogP contribution in [0.15, 0.2) is 24.3 Å². The zero-order valence-corrected chi connectivity index (χ0v) is 9.69. The highest BCUT2D eigenvalue weighted by molar-refractivity contribution is 5.68. The molecule has 1 aromatic rings. The summed E-state index contributed by atoms with van der Waals surface area (Å²) in [5, 5.41) is 2.90. The summed E-state index contributed by atoms with van der Waals surface area (Å²) >= 11 is 0. The Labute approximate surface area is 95.8 Å². The summed E-state index contributed by atoms with van der Waals surface area (Å²) in [5.74, 6) is 0. The molecule has 1 aromatic carbocycles. The second-order valence-corrected chi connectivity index (χ2v) is 4.47. The largest absolute Gasteiger partial charge is 0.447 e. The van der Waals surface area contributed by atoms with Crippen LogP contribution in [0.3, 0.4) is 0 Å². The number of nitrogens with one attached hydrogen (secondary N) is 1. The summed E-state index contributed by atoms with van der Waals surface area (Å²) in [4.78, 5) is 11.4. The number of rotatable bonds is 2. The number of benzene rings is 1. The number of carbonyl (C=O) groups is 1. The van der Waals surface area contributed by atoms with Crippen molar-refractivity contribution in [3.63, 3.8) is 0 Å². The van der Waals surface area contributed by atoms with Crippen LogP contribution in [0.5, 0.6) is 0 Å². The lowest BCUT2D eigenvalue weighted by Gasteiger charge is -2.14. The van der Waals surface area contributed by atoms with Gasteiger partial charge in [0.15, 0.2) is 0 Å². The number of ether oxygens (including phenoxy) is 1. The van der Waals surface area contributed by atoms with Crippen LogP contribution in [0, 0.1) is 0 Å². The predicted molar refractivity (Wildman–Crippen MR) is 62.4 cm³/mol. The Bertz CT molecular complexity index is 362. The van der Waals surface area contributed by atoms with Crippen LogP contribution >= 0.6 is 0 Å². The zero-order chi connectivity index (χ0) is 11.5. The molecular weight excluding hydrogens is 202 g/mol. The minimum Gasteiger partial charge on any atom is -0.447 e. The Balaban J connectivity index is 1.90. The van der Waals surface area contributed by atoms with Gasteiger partial charge in [0.25, 0.3) is 0 Å². The normalized spacial score (nSPS) is 14.9. The standard InChI is InChI=1S/C13H17NO2/c1-9(2)16-13(15)14-12-7-10-5-3-4-6-11(10)8-12/h3-6,9,12H,7-8H2,1-2H3,(H,14,15). The van der Waals surface area contributed by atoms with E-state index < -0.39 is 0 Å². The Morgan fingerprint density at radius 3 is 2.38 bits per heavy atom. The quantitative estimate of drug-likeness (QED) is 0.828. The van der Waals surface area contributed by atoms with E-state index in [-0.39, 0.29) is 18.2 Å². The highest BCUT2D eigenvalue weighted by Gasteiger charge is 2.22. The van der Waals surface area contributed by atoms with Gasteiger partial charge < -0.3 is 10.1 Å². The van der Waals surface area contributed by atoms with Gasteiger partial charge in [-0.15, -0.1) is 0 Å². The van der Waals surface area contributed by atoms with Gasteiger partial charge in [0.2, 0.25) is 0 Å². The Morgan fingerprint density at radius 1 is 1.31 bits per heavy atom. The van der Waals surface area contributed by atoms with Crippen molar-refractivity contribution in [3.8, 4) is 0 Å². The SMILES string of the molecule is CC(C)OC(=O)NC1Cc2ccccc2C1. The maximum absolute atomic E-state index is 11.4. The molecule has 3 heteroatoms. The number of fused-ring (bicyclic) bond motifs is 1. The van der Waals surface area contributed by atoms with Crippen LogP contribution in [-0.2, 0) is 17.6 Å². The number of hydrogen-bond acceptors (Lipinski definition) is 2. The van der Waals surface area contributed by atoms with E-state index >= 15 is 0 Å². The van der Waals surface area contributed by atoms with E-state index in [0.717, 1.165) is 12.8 Å². The van der Waals surface area contributed by atoms with E-state index in [2.05, 4.69) is 17.4 Å². The van der Waals surface area contributed by atoms with Crippen LogP contribution in [0.25, 0.3) is 0 Å². The van der Waals surface area contributed by atoms with Crippen molar-refractivity contribution in [2.24, 2.45) is 0 Å². The van der Waals surface area contributed by atoms with Crippen molar-refractivity contribution in [2.45, 2.75) is 38.8 Å². The van der Waals surface area contributed by atoms with Crippen molar-refractivity contribution in [1.29, 1.82) is 0 Å². The zero-order valence-electron chi connectivity index (χ0n) is 9.69. The monoisotopic (exact) mass is 219 g/mol. The minimum absolute atomic E-state index is 0.0659. The van der Waals surface area contributed by atoms with E-state index in [9.17, 15) is 4.79 Å². The lowest BCUT2D eigenvalue weighted by Crippen LogP contribution is -2.36. The van der Waals surface area contributed by atoms with Crippen LogP contribution in [-0.4, -0.2) is 18.2 Å². The highest BCUT2D eigenvalue weighted by atomic mass is 16.6. The third-order valence-electron chi connectivity index (χ3n) is 2.72. The second-order valence-electron chi connectivity index (χ2n) is 4.47. The van der Waals surface area contributed by atoms with Crippen molar-refractivity contribution in [2.75, 3.05) is 0 Å². The number of amides is 1. The Kier molecular flexibility index (Phi) is 3.13. The van der Waals surface area contributed by atoms with Gasteiger partial charge >= 0.3 is 6.09 Å². The molecule has 0 fully saturated rings. The van der Waals surface area contributed by atoms with Crippen molar-refractivity contribution in [1.82, 2.24) is 5.32 Å². The highest BCUT2D eigenvalue weighted by Crippen LogP contribution is 2.21. The first-order valence-corrected chi connectivity index (χ1v) is 5.69. The third kappa shape index (κ3) is 2.54. The first-order chi connectivity index (χ1) is 7.65. The fraction of sp³-hybridized carbons (Fsp3) is 0.462. The molecule has 0 saturated heterocycles. The molecular formula is C13H17NO2. The molecule has 0 aliphatic heterocycles. The minimum atomic E-state index is -0.312. The molecule has 0 bridgehead atoms. The fourth-order valence-corrected chi connectivity index (χ4v) is 2.08.